The Morgan fingerprint density at radius 2 is 1.96 bits per heavy atom. The number of nitrogens with two attached hydrogens (primary N) is 1. The molecule has 7 rings (SSSR count). The van der Waals surface area contributed by atoms with Crippen LogP contribution in [0.15, 0.2) is 12.1 Å². The summed E-state index contributed by atoms with van der Waals surface area (Å²) in [7, 11) is 2.03. The van der Waals surface area contributed by atoms with Gasteiger partial charge in [0.25, 0.3) is 0 Å². The van der Waals surface area contributed by atoms with Crippen LogP contribution in [0.25, 0.3) is 32.1 Å². The average molecular weight is 651 g/mol. The number of ether oxygens (including phenoxy) is 3. The summed E-state index contributed by atoms with van der Waals surface area (Å²) >= 11 is 7.93. The number of likely N-dealkylation sites (N-methyl/N-ethyl adjacent to an activating group) is 1. The summed E-state index contributed by atoms with van der Waals surface area (Å²) in [5.41, 5.74) is 6.69. The average Bonchev–Trinajstić information content (AvgIpc) is 3.75. The zero-order chi connectivity index (χ0) is 31.6. The molecule has 232 valence electrons. The second-order valence-electron chi connectivity index (χ2n) is 11.6. The number of benzene rings is 2. The summed E-state index contributed by atoms with van der Waals surface area (Å²) in [6.07, 6.45) is 2.31. The molecule has 9 nitrogen and oxygen atoms in total. The molecule has 3 aliphatic heterocycles. The molecule has 0 aliphatic carbocycles. The van der Waals surface area contributed by atoms with Gasteiger partial charge in [-0.1, -0.05) is 17.7 Å². The molecule has 0 radical (unpaired) electrons. The predicted octanol–water partition coefficient (Wildman–Crippen LogP) is 6.22. The first kappa shape index (κ1) is 29.8. The summed E-state index contributed by atoms with van der Waals surface area (Å²) < 4.78 is 50.6. The van der Waals surface area contributed by atoms with E-state index in [1.165, 1.54) is 12.1 Å². The first-order valence-corrected chi connectivity index (χ1v) is 16.0. The highest BCUT2D eigenvalue weighted by molar-refractivity contribution is 7.23. The number of nitriles is 2. The highest BCUT2D eigenvalue weighted by Gasteiger charge is 2.37. The van der Waals surface area contributed by atoms with Crippen molar-refractivity contribution < 1.29 is 23.0 Å². The topological polar surface area (TPSA) is 121 Å². The van der Waals surface area contributed by atoms with E-state index in [1.54, 1.807) is 0 Å². The van der Waals surface area contributed by atoms with E-state index in [4.69, 9.17) is 31.5 Å². The van der Waals surface area contributed by atoms with E-state index < -0.39 is 11.6 Å². The number of thiophene rings is 1. The Bertz CT molecular complexity index is 1950. The lowest BCUT2D eigenvalue weighted by Crippen LogP contribution is -2.39. The van der Waals surface area contributed by atoms with Gasteiger partial charge < -0.3 is 24.8 Å². The number of aromatic nitrogens is 1. The Hall–Kier alpha value is -3.94. The van der Waals surface area contributed by atoms with Gasteiger partial charge in [0.15, 0.2) is 5.82 Å². The van der Waals surface area contributed by atoms with Crippen molar-refractivity contribution in [3.63, 3.8) is 0 Å². The van der Waals surface area contributed by atoms with Crippen LogP contribution < -0.4 is 20.1 Å². The van der Waals surface area contributed by atoms with E-state index >= 15 is 4.39 Å². The molecule has 3 atom stereocenters. The van der Waals surface area contributed by atoms with Gasteiger partial charge >= 0.3 is 0 Å². The minimum atomic E-state index is -0.810. The number of nitrogen functional groups attached to an aromatic ring is 1. The zero-order valence-electron chi connectivity index (χ0n) is 24.6. The van der Waals surface area contributed by atoms with Crippen LogP contribution in [0.3, 0.4) is 0 Å². The molecule has 2 fully saturated rings. The summed E-state index contributed by atoms with van der Waals surface area (Å²) in [6.45, 7) is 4.41. The monoisotopic (exact) mass is 650 g/mol. The second kappa shape index (κ2) is 11.5. The summed E-state index contributed by atoms with van der Waals surface area (Å²) in [5, 5.41) is 20.9. The molecule has 13 heteroatoms. The van der Waals surface area contributed by atoms with Crippen molar-refractivity contribution in [3.8, 4) is 34.9 Å². The minimum absolute atomic E-state index is 0.0125. The number of nitrogens with zero attached hydrogens (tertiary/aromatic N) is 5. The van der Waals surface area contributed by atoms with E-state index in [2.05, 4.69) is 16.0 Å². The zero-order valence-corrected chi connectivity index (χ0v) is 26.2. The fourth-order valence-corrected chi connectivity index (χ4v) is 8.28. The molecule has 0 bridgehead atoms. The lowest BCUT2D eigenvalue weighted by molar-refractivity contribution is 0.117. The van der Waals surface area contributed by atoms with E-state index in [9.17, 15) is 14.9 Å². The van der Waals surface area contributed by atoms with Crippen LogP contribution in [0.4, 0.5) is 19.5 Å². The Morgan fingerprint density at radius 3 is 2.64 bits per heavy atom. The molecular weight excluding hydrogens is 622 g/mol. The van der Waals surface area contributed by atoms with Gasteiger partial charge in [0.2, 0.25) is 5.88 Å². The molecule has 1 unspecified atom stereocenters. The largest absolute Gasteiger partial charge is 0.489 e. The van der Waals surface area contributed by atoms with Gasteiger partial charge in [-0.15, -0.1) is 11.3 Å². The number of halogens is 3. The first-order chi connectivity index (χ1) is 21.7. The van der Waals surface area contributed by atoms with Gasteiger partial charge in [-0.3, -0.25) is 4.90 Å². The number of hydrogen-bond acceptors (Lipinski definition) is 10. The van der Waals surface area contributed by atoms with Gasteiger partial charge in [-0.25, -0.2) is 13.8 Å². The van der Waals surface area contributed by atoms with Crippen LogP contribution in [-0.4, -0.2) is 68.0 Å². The van der Waals surface area contributed by atoms with E-state index in [0.717, 1.165) is 30.7 Å². The van der Waals surface area contributed by atoms with Crippen LogP contribution in [0.1, 0.15) is 37.3 Å². The second-order valence-corrected chi connectivity index (χ2v) is 13.1. The Labute approximate surface area is 267 Å². The smallest absolute Gasteiger partial charge is 0.234 e. The third kappa shape index (κ3) is 4.62. The molecule has 0 amide bonds. The number of pyridine rings is 1. The third-order valence-corrected chi connectivity index (χ3v) is 10.5. The number of hydrogen-bond donors (Lipinski definition) is 1. The number of fused-ring (bicyclic) bond motifs is 1. The lowest BCUT2D eigenvalue weighted by atomic mass is 9.95. The molecule has 45 heavy (non-hydrogen) atoms. The molecule has 3 aliphatic rings. The van der Waals surface area contributed by atoms with Gasteiger partial charge in [0.05, 0.1) is 45.6 Å². The molecule has 2 saturated heterocycles. The van der Waals surface area contributed by atoms with E-state index in [-0.39, 0.29) is 89.7 Å². The minimum Gasteiger partial charge on any atom is -0.489 e. The quantitative estimate of drug-likeness (QED) is 0.268. The number of likely N-dealkylation sites (tertiary alicyclic amines) is 1. The fourth-order valence-electron chi connectivity index (χ4n) is 6.99. The molecule has 2 aromatic heterocycles. The third-order valence-electron chi connectivity index (χ3n) is 9.15. The molecule has 2 aromatic carbocycles. The summed E-state index contributed by atoms with van der Waals surface area (Å²) in [5.74, 6) is -1.24. The standard InChI is InChI=1S/C32H29ClF2N6O3S/c1-15(21-4-3-8-40(21)2)44-32-19(13-37)28-24-27(39-32)26(35)23(17-5-6-20(34)30-22(17)18(12-36)31(38)45-30)25(33)29(24)43-11-9-41(28)16-7-10-42-14-16/h5-6,15-16,21H,3-4,7-11,14,38H2,1-2H3/t15-,16?,21-/m0/s1. The normalized spacial score (nSPS) is 20.6. The van der Waals surface area contributed by atoms with Crippen molar-refractivity contribution in [1.29, 1.82) is 10.5 Å². The Kier molecular flexibility index (Phi) is 7.57. The van der Waals surface area contributed by atoms with Crippen LogP contribution in [0.5, 0.6) is 11.6 Å². The summed E-state index contributed by atoms with van der Waals surface area (Å²) in [4.78, 5) is 8.89. The van der Waals surface area contributed by atoms with Crippen molar-refractivity contribution in [1.82, 2.24) is 9.88 Å². The molecular formula is C32H29ClF2N6O3S. The van der Waals surface area contributed by atoms with Crippen LogP contribution in [0, 0.1) is 34.3 Å². The molecule has 4 aromatic rings. The molecule has 2 N–H and O–H groups in total. The van der Waals surface area contributed by atoms with Crippen molar-refractivity contribution in [2.24, 2.45) is 0 Å². The Morgan fingerprint density at radius 1 is 1.16 bits per heavy atom. The van der Waals surface area contributed by atoms with Gasteiger partial charge in [-0.2, -0.15) is 10.5 Å². The highest BCUT2D eigenvalue weighted by atomic mass is 35.5. The van der Waals surface area contributed by atoms with Gasteiger partial charge in [0, 0.05) is 23.6 Å². The predicted molar refractivity (Wildman–Crippen MR) is 169 cm³/mol. The molecule has 0 spiro atoms. The van der Waals surface area contributed by atoms with Crippen molar-refractivity contribution in [2.45, 2.75) is 44.4 Å². The number of anilines is 2. The maximum Gasteiger partial charge on any atom is 0.234 e. The first-order valence-electron chi connectivity index (χ1n) is 14.8. The SMILES string of the molecule is C[C@H](Oc1nc2c(F)c(-c3ccc(F)c4sc(N)c(C#N)c34)c(Cl)c3c2c(c1C#N)N(C1CCOC1)CCO3)[C@@H]1CCCN1C. The van der Waals surface area contributed by atoms with Crippen LogP contribution in [0.2, 0.25) is 5.02 Å². The number of rotatable bonds is 5. The lowest BCUT2D eigenvalue weighted by Gasteiger charge is -2.31. The van der Waals surface area contributed by atoms with Crippen molar-refractivity contribution >= 4 is 54.6 Å². The maximum atomic E-state index is 17.2. The molecule has 0 saturated carbocycles. The van der Waals surface area contributed by atoms with E-state index in [0.29, 0.717) is 31.9 Å². The van der Waals surface area contributed by atoms with Gasteiger partial charge in [0.1, 0.15) is 52.5 Å². The maximum absolute atomic E-state index is 17.2. The summed E-state index contributed by atoms with van der Waals surface area (Å²) in [6, 6.07) is 6.91. The van der Waals surface area contributed by atoms with Gasteiger partial charge in [-0.05, 0) is 51.4 Å². The van der Waals surface area contributed by atoms with Crippen LogP contribution >= 0.6 is 22.9 Å². The molecule has 5 heterocycles. The van der Waals surface area contributed by atoms with Crippen molar-refractivity contribution in [3.05, 3.63) is 39.9 Å². The van der Waals surface area contributed by atoms with E-state index in [1.807, 2.05) is 24.9 Å². The highest BCUT2D eigenvalue weighted by Crippen LogP contribution is 2.52. The fraction of sp³-hybridized carbons (Fsp3) is 0.406. The van der Waals surface area contributed by atoms with Crippen LogP contribution in [-0.2, 0) is 4.74 Å². The Balaban J connectivity index is 1.54. The van der Waals surface area contributed by atoms with Crippen molar-refractivity contribution in [2.75, 3.05) is 50.6 Å².